The van der Waals surface area contributed by atoms with Gasteiger partial charge < -0.3 is 5.32 Å². The first-order valence-electron chi connectivity index (χ1n) is 6.54. The normalized spacial score (nSPS) is 22.2. The zero-order chi connectivity index (χ0) is 13.9. The van der Waals surface area contributed by atoms with Gasteiger partial charge in [0.25, 0.3) is 0 Å². The molecular formula is C14H19F3N2. The van der Waals surface area contributed by atoms with Gasteiger partial charge in [-0.15, -0.1) is 0 Å². The summed E-state index contributed by atoms with van der Waals surface area (Å²) in [6, 6.07) is 6.29. The topological polar surface area (TPSA) is 15.3 Å². The van der Waals surface area contributed by atoms with Gasteiger partial charge in [-0.05, 0) is 25.5 Å². The summed E-state index contributed by atoms with van der Waals surface area (Å²) >= 11 is 0. The Hall–Kier alpha value is -1.07. The van der Waals surface area contributed by atoms with Crippen molar-refractivity contribution in [3.05, 3.63) is 35.4 Å². The number of nitrogens with zero attached hydrogens (tertiary/aromatic N) is 1. The van der Waals surface area contributed by atoms with Crippen LogP contribution in [0.25, 0.3) is 0 Å². The summed E-state index contributed by atoms with van der Waals surface area (Å²) in [4.78, 5) is 1.53. The largest absolute Gasteiger partial charge is 0.405 e. The third kappa shape index (κ3) is 3.94. The third-order valence-corrected chi connectivity index (χ3v) is 3.46. The highest BCUT2D eigenvalue weighted by Gasteiger charge is 2.43. The van der Waals surface area contributed by atoms with Crippen LogP contribution in [0.3, 0.4) is 0 Å². The lowest BCUT2D eigenvalue weighted by Crippen LogP contribution is -2.49. The summed E-state index contributed by atoms with van der Waals surface area (Å²) in [6.07, 6.45) is -3.43. The summed E-state index contributed by atoms with van der Waals surface area (Å²) in [6.45, 7) is 3.43. The third-order valence-electron chi connectivity index (χ3n) is 3.46. The number of aryl methyl sites for hydroxylation is 1. The van der Waals surface area contributed by atoms with Crippen LogP contribution in [-0.2, 0) is 6.54 Å². The van der Waals surface area contributed by atoms with Gasteiger partial charge in [-0.25, -0.2) is 0 Å². The van der Waals surface area contributed by atoms with E-state index in [1.165, 1.54) is 4.90 Å². The van der Waals surface area contributed by atoms with Gasteiger partial charge in [0, 0.05) is 19.6 Å². The molecule has 1 atom stereocenters. The molecule has 1 unspecified atom stereocenters. The molecule has 0 spiro atoms. The van der Waals surface area contributed by atoms with Crippen LogP contribution in [0.2, 0.25) is 0 Å². The molecule has 1 aliphatic rings. The molecule has 0 amide bonds. The standard InChI is InChI=1S/C14H19F3N2/c1-11-3-5-12(6-4-11)10-19-8-2-7-18-9-13(19)14(15,16)17/h3-6,13,18H,2,7-10H2,1H3. The predicted octanol–water partition coefficient (Wildman–Crippen LogP) is 2.72. The van der Waals surface area contributed by atoms with Crippen molar-refractivity contribution in [3.63, 3.8) is 0 Å². The molecule has 1 aromatic rings. The number of benzene rings is 1. The number of halogens is 3. The molecule has 2 rings (SSSR count). The second kappa shape index (κ2) is 5.92. The Morgan fingerprint density at radius 3 is 2.58 bits per heavy atom. The Bertz CT molecular complexity index is 400. The zero-order valence-corrected chi connectivity index (χ0v) is 11.0. The molecule has 1 N–H and O–H groups in total. The number of rotatable bonds is 2. The highest BCUT2D eigenvalue weighted by Crippen LogP contribution is 2.27. The van der Waals surface area contributed by atoms with E-state index in [0.717, 1.165) is 17.5 Å². The quantitative estimate of drug-likeness (QED) is 0.890. The van der Waals surface area contributed by atoms with Crippen LogP contribution in [0.5, 0.6) is 0 Å². The molecular weight excluding hydrogens is 253 g/mol. The monoisotopic (exact) mass is 272 g/mol. The van der Waals surface area contributed by atoms with Crippen molar-refractivity contribution in [2.75, 3.05) is 19.6 Å². The summed E-state index contributed by atoms with van der Waals surface area (Å²) in [5.74, 6) is 0. The molecule has 19 heavy (non-hydrogen) atoms. The van der Waals surface area contributed by atoms with Gasteiger partial charge in [0.1, 0.15) is 6.04 Å². The minimum Gasteiger partial charge on any atom is -0.315 e. The van der Waals surface area contributed by atoms with E-state index in [-0.39, 0.29) is 6.54 Å². The lowest BCUT2D eigenvalue weighted by atomic mass is 10.1. The van der Waals surface area contributed by atoms with Crippen molar-refractivity contribution in [1.82, 2.24) is 10.2 Å². The van der Waals surface area contributed by atoms with Gasteiger partial charge in [0.05, 0.1) is 0 Å². The van der Waals surface area contributed by atoms with Crippen LogP contribution in [0.4, 0.5) is 13.2 Å². The molecule has 1 heterocycles. The van der Waals surface area contributed by atoms with Crippen molar-refractivity contribution in [2.45, 2.75) is 32.1 Å². The summed E-state index contributed by atoms with van der Waals surface area (Å²) in [5.41, 5.74) is 2.05. The minimum atomic E-state index is -4.18. The average Bonchev–Trinajstić information content (AvgIpc) is 2.57. The van der Waals surface area contributed by atoms with E-state index >= 15 is 0 Å². The summed E-state index contributed by atoms with van der Waals surface area (Å²) in [7, 11) is 0. The van der Waals surface area contributed by atoms with Gasteiger partial charge in [-0.1, -0.05) is 29.8 Å². The Labute approximate surface area is 111 Å². The van der Waals surface area contributed by atoms with Crippen LogP contribution in [-0.4, -0.2) is 36.8 Å². The molecule has 1 aliphatic heterocycles. The molecule has 1 saturated heterocycles. The van der Waals surface area contributed by atoms with E-state index in [2.05, 4.69) is 5.32 Å². The first-order chi connectivity index (χ1) is 8.97. The molecule has 0 radical (unpaired) electrons. The van der Waals surface area contributed by atoms with Gasteiger partial charge >= 0.3 is 6.18 Å². The number of alkyl halides is 3. The van der Waals surface area contributed by atoms with Gasteiger partial charge in [-0.2, -0.15) is 13.2 Å². The molecule has 1 aromatic carbocycles. The van der Waals surface area contributed by atoms with Crippen molar-refractivity contribution >= 4 is 0 Å². The SMILES string of the molecule is Cc1ccc(CN2CCCNCC2C(F)(F)F)cc1. The highest BCUT2D eigenvalue weighted by atomic mass is 19.4. The smallest absolute Gasteiger partial charge is 0.315 e. The predicted molar refractivity (Wildman–Crippen MR) is 68.9 cm³/mol. The fourth-order valence-electron chi connectivity index (χ4n) is 2.37. The van der Waals surface area contributed by atoms with Crippen LogP contribution in [0.1, 0.15) is 17.5 Å². The van der Waals surface area contributed by atoms with E-state index in [1.54, 1.807) is 0 Å². The zero-order valence-electron chi connectivity index (χ0n) is 11.0. The van der Waals surface area contributed by atoms with Gasteiger partial charge in [-0.3, -0.25) is 4.90 Å². The van der Waals surface area contributed by atoms with Crippen molar-refractivity contribution < 1.29 is 13.2 Å². The second-order valence-electron chi connectivity index (χ2n) is 5.07. The van der Waals surface area contributed by atoms with Crippen molar-refractivity contribution in [1.29, 1.82) is 0 Å². The lowest BCUT2D eigenvalue weighted by molar-refractivity contribution is -0.182. The van der Waals surface area contributed by atoms with Crippen molar-refractivity contribution in [2.24, 2.45) is 0 Å². The Morgan fingerprint density at radius 1 is 1.26 bits per heavy atom. The number of hydrogen-bond acceptors (Lipinski definition) is 2. The molecule has 1 fully saturated rings. The van der Waals surface area contributed by atoms with Crippen LogP contribution >= 0.6 is 0 Å². The number of nitrogens with one attached hydrogen (secondary N) is 1. The van der Waals surface area contributed by atoms with Crippen LogP contribution < -0.4 is 5.32 Å². The lowest BCUT2D eigenvalue weighted by Gasteiger charge is -2.31. The first kappa shape index (κ1) is 14.3. The van der Waals surface area contributed by atoms with Gasteiger partial charge in [0.2, 0.25) is 0 Å². The summed E-state index contributed by atoms with van der Waals surface area (Å²) in [5, 5.41) is 2.87. The first-order valence-corrected chi connectivity index (χ1v) is 6.54. The minimum absolute atomic E-state index is 0.0185. The molecule has 0 aromatic heterocycles. The maximum atomic E-state index is 13.1. The van der Waals surface area contributed by atoms with Crippen LogP contribution in [0, 0.1) is 6.92 Å². The second-order valence-corrected chi connectivity index (χ2v) is 5.07. The highest BCUT2D eigenvalue weighted by molar-refractivity contribution is 5.21. The molecule has 0 aliphatic carbocycles. The Balaban J connectivity index is 2.12. The van der Waals surface area contributed by atoms with E-state index in [1.807, 2.05) is 31.2 Å². The fourth-order valence-corrected chi connectivity index (χ4v) is 2.37. The molecule has 0 bridgehead atoms. The molecule has 106 valence electrons. The van der Waals surface area contributed by atoms with Gasteiger partial charge in [0.15, 0.2) is 0 Å². The van der Waals surface area contributed by atoms with E-state index < -0.39 is 12.2 Å². The Kier molecular flexibility index (Phi) is 4.47. The fraction of sp³-hybridized carbons (Fsp3) is 0.571. The van der Waals surface area contributed by atoms with Crippen molar-refractivity contribution in [3.8, 4) is 0 Å². The average molecular weight is 272 g/mol. The Morgan fingerprint density at radius 2 is 1.95 bits per heavy atom. The van der Waals surface area contributed by atoms with E-state index in [9.17, 15) is 13.2 Å². The van der Waals surface area contributed by atoms with E-state index in [4.69, 9.17) is 0 Å². The molecule has 5 heteroatoms. The maximum Gasteiger partial charge on any atom is 0.405 e. The maximum absolute atomic E-state index is 13.1. The van der Waals surface area contributed by atoms with E-state index in [0.29, 0.717) is 19.6 Å². The summed E-state index contributed by atoms with van der Waals surface area (Å²) < 4.78 is 39.2. The molecule has 2 nitrogen and oxygen atoms in total. The molecule has 0 saturated carbocycles. The van der Waals surface area contributed by atoms with Crippen LogP contribution in [0.15, 0.2) is 24.3 Å². The number of hydrogen-bond donors (Lipinski definition) is 1.